The Morgan fingerprint density at radius 3 is 2.10 bits per heavy atom. The number of likely N-dealkylation sites (N-methyl/N-ethyl adjacent to an activating group) is 1. The maximum atomic E-state index is 10.1. The monoisotopic (exact) mass is 167 g/mol. The summed E-state index contributed by atoms with van der Waals surface area (Å²) >= 11 is 4.64. The van der Waals surface area contributed by atoms with Crippen molar-refractivity contribution in [3.05, 3.63) is 0 Å². The van der Waals surface area contributed by atoms with Gasteiger partial charge < -0.3 is 10.4 Å². The van der Waals surface area contributed by atoms with E-state index in [0.29, 0.717) is 6.42 Å². The van der Waals surface area contributed by atoms with Crippen LogP contribution in [0.2, 0.25) is 0 Å². The molecule has 0 unspecified atom stereocenters. The number of alkyl halides is 1. The van der Waals surface area contributed by atoms with Gasteiger partial charge in [0.1, 0.15) is 6.04 Å². The van der Waals surface area contributed by atoms with Crippen LogP contribution in [0.4, 0.5) is 0 Å². The normalized spacial score (nSPS) is 11.2. The second kappa shape index (κ2) is 8.72. The third-order valence-electron chi connectivity index (χ3n) is 1.05. The summed E-state index contributed by atoms with van der Waals surface area (Å²) < 4.78 is 0. The van der Waals surface area contributed by atoms with E-state index in [2.05, 4.69) is 16.9 Å². The van der Waals surface area contributed by atoms with E-state index in [9.17, 15) is 4.79 Å². The Morgan fingerprint density at radius 2 is 2.10 bits per heavy atom. The number of carboxylic acids is 1. The summed E-state index contributed by atoms with van der Waals surface area (Å²) in [5, 5.41) is 11.0. The zero-order chi connectivity index (χ0) is 8.57. The summed E-state index contributed by atoms with van der Waals surface area (Å²) in [5.74, 6) is -0.782. The largest absolute Gasteiger partial charge is 0.480 e. The molecule has 0 saturated heterocycles. The number of carboxylic acid groups (broad SMARTS) is 1. The van der Waals surface area contributed by atoms with Gasteiger partial charge in [0.2, 0.25) is 0 Å². The third-order valence-corrected chi connectivity index (χ3v) is 1.05. The molecule has 0 aromatic heterocycles. The summed E-state index contributed by atoms with van der Waals surface area (Å²) in [6.07, 6.45) is 2.10. The van der Waals surface area contributed by atoms with Crippen LogP contribution in [0.1, 0.15) is 13.3 Å². The third kappa shape index (κ3) is 5.85. The molecular weight excluding hydrogens is 154 g/mol. The standard InChI is InChI=1S/C5H11NO2.CH3Cl/c1-3-4(6-2)5(7)8;1-2/h4,6H,3H2,1-2H3,(H,7,8);1H3/t4-;/m0./s1. The molecule has 0 spiro atoms. The van der Waals surface area contributed by atoms with Crippen molar-refractivity contribution in [1.82, 2.24) is 5.32 Å². The van der Waals surface area contributed by atoms with Gasteiger partial charge in [-0.2, -0.15) is 0 Å². The molecule has 0 bridgehead atoms. The van der Waals surface area contributed by atoms with Crippen molar-refractivity contribution in [3.63, 3.8) is 0 Å². The van der Waals surface area contributed by atoms with Crippen molar-refractivity contribution in [2.45, 2.75) is 19.4 Å². The van der Waals surface area contributed by atoms with Crippen LogP contribution in [0.25, 0.3) is 0 Å². The quantitative estimate of drug-likeness (QED) is 0.615. The molecule has 0 rings (SSSR count). The van der Waals surface area contributed by atoms with Crippen LogP contribution in [0.5, 0.6) is 0 Å². The Labute approximate surface area is 66.4 Å². The molecule has 0 fully saturated rings. The van der Waals surface area contributed by atoms with Gasteiger partial charge in [0.05, 0.1) is 0 Å². The number of halogens is 1. The lowest BCUT2D eigenvalue weighted by atomic mass is 10.2. The zero-order valence-corrected chi connectivity index (χ0v) is 7.27. The molecular formula is C6H14ClNO2. The van der Waals surface area contributed by atoms with Gasteiger partial charge in [0, 0.05) is 6.38 Å². The molecule has 0 aromatic rings. The van der Waals surface area contributed by atoms with Gasteiger partial charge in [0.25, 0.3) is 0 Å². The van der Waals surface area contributed by atoms with Crippen molar-refractivity contribution in [2.75, 3.05) is 13.4 Å². The fourth-order valence-electron chi connectivity index (χ4n) is 0.502. The highest BCUT2D eigenvalue weighted by atomic mass is 35.5. The van der Waals surface area contributed by atoms with E-state index < -0.39 is 5.97 Å². The molecule has 0 saturated carbocycles. The van der Waals surface area contributed by atoms with Crippen LogP contribution in [0.15, 0.2) is 0 Å². The van der Waals surface area contributed by atoms with Crippen LogP contribution < -0.4 is 5.32 Å². The van der Waals surface area contributed by atoms with Crippen LogP contribution in [0, 0.1) is 0 Å². The first kappa shape index (κ1) is 12.4. The van der Waals surface area contributed by atoms with E-state index in [-0.39, 0.29) is 6.04 Å². The van der Waals surface area contributed by atoms with Gasteiger partial charge in [0.15, 0.2) is 0 Å². The van der Waals surface area contributed by atoms with Crippen LogP contribution in [0.3, 0.4) is 0 Å². The smallest absolute Gasteiger partial charge is 0.320 e. The minimum atomic E-state index is -0.782. The SMILES string of the molecule is CC[C@H](NC)C(=O)O.CCl. The number of nitrogens with one attached hydrogen (secondary N) is 1. The van der Waals surface area contributed by atoms with E-state index in [1.165, 1.54) is 6.38 Å². The minimum Gasteiger partial charge on any atom is -0.480 e. The first-order valence-electron chi connectivity index (χ1n) is 3.00. The molecule has 4 heteroatoms. The van der Waals surface area contributed by atoms with Gasteiger partial charge in [-0.05, 0) is 13.5 Å². The van der Waals surface area contributed by atoms with Crippen molar-refractivity contribution in [1.29, 1.82) is 0 Å². The predicted molar refractivity (Wildman–Crippen MR) is 42.6 cm³/mol. The van der Waals surface area contributed by atoms with Crippen molar-refractivity contribution < 1.29 is 9.90 Å². The van der Waals surface area contributed by atoms with E-state index >= 15 is 0 Å². The van der Waals surface area contributed by atoms with Gasteiger partial charge in [-0.3, -0.25) is 4.79 Å². The van der Waals surface area contributed by atoms with E-state index in [1.807, 2.05) is 6.92 Å². The lowest BCUT2D eigenvalue weighted by Crippen LogP contribution is -2.32. The summed E-state index contributed by atoms with van der Waals surface area (Å²) in [4.78, 5) is 10.1. The number of hydrogen-bond acceptors (Lipinski definition) is 2. The summed E-state index contributed by atoms with van der Waals surface area (Å²) in [6, 6.07) is -0.380. The Morgan fingerprint density at radius 1 is 1.70 bits per heavy atom. The molecule has 0 heterocycles. The van der Waals surface area contributed by atoms with Crippen LogP contribution >= 0.6 is 11.6 Å². The highest BCUT2D eigenvalue weighted by Gasteiger charge is 2.09. The van der Waals surface area contributed by atoms with Crippen LogP contribution in [-0.4, -0.2) is 30.5 Å². The summed E-state index contributed by atoms with van der Waals surface area (Å²) in [7, 11) is 1.64. The first-order chi connectivity index (χ1) is 4.72. The molecule has 0 radical (unpaired) electrons. The molecule has 3 nitrogen and oxygen atoms in total. The lowest BCUT2D eigenvalue weighted by molar-refractivity contribution is -0.139. The number of carbonyl (C=O) groups is 1. The average molecular weight is 168 g/mol. The highest BCUT2D eigenvalue weighted by Crippen LogP contribution is 1.86. The Hall–Kier alpha value is -0.280. The first-order valence-corrected chi connectivity index (χ1v) is 3.75. The Bertz CT molecular complexity index is 83.8. The van der Waals surface area contributed by atoms with Crippen molar-refractivity contribution in [2.24, 2.45) is 0 Å². The fourth-order valence-corrected chi connectivity index (χ4v) is 0.502. The summed E-state index contributed by atoms with van der Waals surface area (Å²) in [5.41, 5.74) is 0. The molecule has 2 N–H and O–H groups in total. The zero-order valence-electron chi connectivity index (χ0n) is 6.52. The van der Waals surface area contributed by atoms with Gasteiger partial charge >= 0.3 is 5.97 Å². The fraction of sp³-hybridized carbons (Fsp3) is 0.833. The molecule has 1 atom stereocenters. The molecule has 62 valence electrons. The van der Waals surface area contributed by atoms with Crippen molar-refractivity contribution in [3.8, 4) is 0 Å². The molecule has 0 amide bonds. The second-order valence-electron chi connectivity index (χ2n) is 1.59. The van der Waals surface area contributed by atoms with Gasteiger partial charge in [-0.15, -0.1) is 11.6 Å². The van der Waals surface area contributed by atoms with Crippen molar-refractivity contribution >= 4 is 17.6 Å². The summed E-state index contributed by atoms with van der Waals surface area (Å²) in [6.45, 7) is 1.83. The maximum absolute atomic E-state index is 10.1. The molecule has 0 aliphatic heterocycles. The average Bonchev–Trinajstić information content (AvgIpc) is 1.94. The van der Waals surface area contributed by atoms with E-state index in [4.69, 9.17) is 5.11 Å². The Kier molecular flexibility index (Phi) is 10.8. The minimum absolute atomic E-state index is 0.380. The molecule has 0 aromatic carbocycles. The second-order valence-corrected chi connectivity index (χ2v) is 1.59. The number of rotatable bonds is 3. The van der Waals surface area contributed by atoms with Crippen LogP contribution in [-0.2, 0) is 4.79 Å². The number of aliphatic carboxylic acids is 1. The molecule has 10 heavy (non-hydrogen) atoms. The predicted octanol–water partition coefficient (Wildman–Crippen LogP) is 0.924. The van der Waals surface area contributed by atoms with E-state index in [1.54, 1.807) is 7.05 Å². The maximum Gasteiger partial charge on any atom is 0.320 e. The van der Waals surface area contributed by atoms with E-state index in [0.717, 1.165) is 0 Å². The topological polar surface area (TPSA) is 49.3 Å². The lowest BCUT2D eigenvalue weighted by Gasteiger charge is -2.05. The van der Waals surface area contributed by atoms with Gasteiger partial charge in [-0.25, -0.2) is 0 Å². The molecule has 0 aliphatic carbocycles. The molecule has 0 aliphatic rings. The number of hydrogen-bond donors (Lipinski definition) is 2. The highest BCUT2D eigenvalue weighted by molar-refractivity contribution is 6.15. The Balaban J connectivity index is 0. The van der Waals surface area contributed by atoms with Gasteiger partial charge in [-0.1, -0.05) is 6.92 Å².